The van der Waals surface area contributed by atoms with Crippen LogP contribution in [0.3, 0.4) is 0 Å². The van der Waals surface area contributed by atoms with E-state index in [0.717, 1.165) is 17.3 Å². The SMILES string of the molecule is CC(=O)N/C=C/SC1=C(C(=O)OCc2ccccc2)N2C(=O)[C@@H]([C@@H](C)OS(=O)(=O)O)[C@H]2C1. The van der Waals surface area contributed by atoms with Crippen LogP contribution in [0.2, 0.25) is 0 Å². The summed E-state index contributed by atoms with van der Waals surface area (Å²) in [5, 5.41) is 4.05. The van der Waals surface area contributed by atoms with Crippen LogP contribution in [-0.2, 0) is 40.3 Å². The first-order valence-electron chi connectivity index (χ1n) is 9.60. The lowest BCUT2D eigenvalue weighted by Crippen LogP contribution is -2.62. The molecule has 0 unspecified atom stereocenters. The fraction of sp³-hybridized carbons (Fsp3) is 0.350. The first-order valence-corrected chi connectivity index (χ1v) is 11.8. The molecule has 0 aromatic heterocycles. The summed E-state index contributed by atoms with van der Waals surface area (Å²) in [4.78, 5) is 38.5. The highest BCUT2D eigenvalue weighted by Gasteiger charge is 2.58. The zero-order chi connectivity index (χ0) is 23.5. The quantitative estimate of drug-likeness (QED) is 0.306. The van der Waals surface area contributed by atoms with Crippen LogP contribution in [0.4, 0.5) is 0 Å². The van der Waals surface area contributed by atoms with Crippen LogP contribution in [0.1, 0.15) is 25.8 Å². The number of nitrogens with zero attached hydrogens (tertiary/aromatic N) is 1. The van der Waals surface area contributed by atoms with Crippen molar-refractivity contribution in [1.82, 2.24) is 10.2 Å². The molecule has 1 aromatic carbocycles. The molecule has 10 nitrogen and oxygen atoms in total. The Morgan fingerprint density at radius 2 is 2.03 bits per heavy atom. The van der Waals surface area contributed by atoms with Gasteiger partial charge in [-0.05, 0) is 17.9 Å². The second kappa shape index (κ2) is 9.86. The second-order valence-electron chi connectivity index (χ2n) is 7.19. The van der Waals surface area contributed by atoms with Gasteiger partial charge in [0.1, 0.15) is 12.3 Å². The van der Waals surface area contributed by atoms with Crippen molar-refractivity contribution < 1.29 is 36.3 Å². The van der Waals surface area contributed by atoms with Gasteiger partial charge in [0.2, 0.25) is 11.8 Å². The number of amides is 2. The number of carbonyl (C=O) groups is 3. The van der Waals surface area contributed by atoms with E-state index in [1.165, 1.54) is 24.9 Å². The number of carbonyl (C=O) groups excluding carboxylic acids is 3. The molecular formula is C20H22N2O8S2. The van der Waals surface area contributed by atoms with E-state index >= 15 is 0 Å². The zero-order valence-electron chi connectivity index (χ0n) is 17.3. The molecule has 2 aliphatic rings. The van der Waals surface area contributed by atoms with E-state index in [1.807, 2.05) is 18.2 Å². The van der Waals surface area contributed by atoms with Crippen molar-refractivity contribution in [2.75, 3.05) is 0 Å². The smallest absolute Gasteiger partial charge is 0.397 e. The maximum absolute atomic E-state index is 12.9. The molecule has 172 valence electrons. The Bertz CT molecular complexity index is 1070. The van der Waals surface area contributed by atoms with Crippen LogP contribution in [0.15, 0.2) is 52.5 Å². The average Bonchev–Trinajstić information content (AvgIpc) is 3.03. The monoisotopic (exact) mass is 482 g/mol. The highest BCUT2D eigenvalue weighted by atomic mass is 32.3. The van der Waals surface area contributed by atoms with Crippen LogP contribution in [-0.4, -0.2) is 47.8 Å². The highest BCUT2D eigenvalue weighted by Crippen LogP contribution is 2.48. The van der Waals surface area contributed by atoms with Gasteiger partial charge in [-0.3, -0.25) is 14.1 Å². The minimum absolute atomic E-state index is 0.0151. The van der Waals surface area contributed by atoms with Crippen molar-refractivity contribution >= 4 is 39.9 Å². The molecule has 0 radical (unpaired) electrons. The Morgan fingerprint density at radius 1 is 1.34 bits per heavy atom. The molecule has 1 fully saturated rings. The Hall–Kier alpha value is -2.67. The Morgan fingerprint density at radius 3 is 2.66 bits per heavy atom. The lowest BCUT2D eigenvalue weighted by molar-refractivity contribution is -0.161. The van der Waals surface area contributed by atoms with Crippen LogP contribution in [0, 0.1) is 5.92 Å². The maximum Gasteiger partial charge on any atom is 0.397 e. The number of benzene rings is 1. The number of fused-ring (bicyclic) bond motifs is 1. The molecule has 0 bridgehead atoms. The van der Waals surface area contributed by atoms with Gasteiger partial charge in [0, 0.05) is 24.4 Å². The minimum Gasteiger partial charge on any atom is -0.456 e. The largest absolute Gasteiger partial charge is 0.456 e. The molecule has 3 atom stereocenters. The predicted molar refractivity (Wildman–Crippen MR) is 115 cm³/mol. The predicted octanol–water partition coefficient (Wildman–Crippen LogP) is 1.72. The number of β-lactam (4-membered cyclic amide) rings is 1. The Labute approximate surface area is 189 Å². The van der Waals surface area contributed by atoms with Crippen molar-refractivity contribution in [3.8, 4) is 0 Å². The molecule has 2 N–H and O–H groups in total. The number of hydrogen-bond donors (Lipinski definition) is 2. The van der Waals surface area contributed by atoms with Crippen LogP contribution in [0.25, 0.3) is 0 Å². The van der Waals surface area contributed by atoms with Crippen molar-refractivity contribution in [3.63, 3.8) is 0 Å². The van der Waals surface area contributed by atoms with E-state index < -0.39 is 40.3 Å². The van der Waals surface area contributed by atoms with Gasteiger partial charge in [0.15, 0.2) is 0 Å². The van der Waals surface area contributed by atoms with E-state index in [1.54, 1.807) is 17.5 Å². The topological polar surface area (TPSA) is 139 Å². The third-order valence-electron chi connectivity index (χ3n) is 4.92. The number of hydrogen-bond acceptors (Lipinski definition) is 8. The van der Waals surface area contributed by atoms with E-state index in [-0.39, 0.29) is 24.6 Å². The molecule has 2 aliphatic heterocycles. The average molecular weight is 483 g/mol. The third kappa shape index (κ3) is 5.57. The number of rotatable bonds is 9. The van der Waals surface area contributed by atoms with Gasteiger partial charge in [-0.2, -0.15) is 8.42 Å². The summed E-state index contributed by atoms with van der Waals surface area (Å²) in [5.74, 6) is -2.31. The van der Waals surface area contributed by atoms with Crippen molar-refractivity contribution in [3.05, 3.63) is 58.1 Å². The summed E-state index contributed by atoms with van der Waals surface area (Å²) in [6.45, 7) is 2.73. The van der Waals surface area contributed by atoms with Crippen LogP contribution >= 0.6 is 11.8 Å². The van der Waals surface area contributed by atoms with E-state index in [9.17, 15) is 22.8 Å². The van der Waals surface area contributed by atoms with Gasteiger partial charge in [0.05, 0.1) is 18.1 Å². The summed E-state index contributed by atoms with van der Waals surface area (Å²) in [6, 6.07) is 8.52. The molecule has 0 aliphatic carbocycles. The van der Waals surface area contributed by atoms with E-state index in [4.69, 9.17) is 9.29 Å². The van der Waals surface area contributed by atoms with Crippen LogP contribution in [0.5, 0.6) is 0 Å². The minimum atomic E-state index is -4.74. The Kier molecular flexibility index (Phi) is 7.39. The van der Waals surface area contributed by atoms with Gasteiger partial charge in [-0.1, -0.05) is 42.1 Å². The number of ether oxygens (including phenoxy) is 1. The first kappa shape index (κ1) is 24.0. The van der Waals surface area contributed by atoms with Gasteiger partial charge >= 0.3 is 16.4 Å². The molecule has 2 amide bonds. The molecule has 1 saturated heterocycles. The van der Waals surface area contributed by atoms with Crippen LogP contribution < -0.4 is 5.32 Å². The Balaban J connectivity index is 1.78. The highest BCUT2D eigenvalue weighted by molar-refractivity contribution is 8.05. The molecule has 1 aromatic rings. The molecule has 32 heavy (non-hydrogen) atoms. The third-order valence-corrected chi connectivity index (χ3v) is 6.38. The summed E-state index contributed by atoms with van der Waals surface area (Å²) < 4.78 is 41.0. The lowest BCUT2D eigenvalue weighted by atomic mass is 9.83. The summed E-state index contributed by atoms with van der Waals surface area (Å²) in [7, 11) is -4.74. The van der Waals surface area contributed by atoms with Crippen molar-refractivity contribution in [1.29, 1.82) is 0 Å². The molecule has 0 saturated carbocycles. The zero-order valence-corrected chi connectivity index (χ0v) is 18.9. The maximum atomic E-state index is 12.9. The summed E-state index contributed by atoms with van der Waals surface area (Å²) in [5.41, 5.74) is 0.849. The normalized spacial score (nSPS) is 21.3. The standard InChI is InChI=1S/C20H22N2O8S2/c1-12(30-32(26,27)28)17-15-10-16(31-9-8-21-13(2)23)18(22(15)19(17)24)20(25)29-11-14-6-4-3-5-7-14/h3-9,12,15,17H,10-11H2,1-2H3,(H,21,23)(H,26,27,28)/b9-8+/t12-,15-,17+/m1/s1. The van der Waals surface area contributed by atoms with E-state index in [2.05, 4.69) is 9.50 Å². The number of esters is 1. The fourth-order valence-corrected chi connectivity index (χ4v) is 4.99. The molecule has 2 heterocycles. The molecule has 12 heteroatoms. The summed E-state index contributed by atoms with van der Waals surface area (Å²) >= 11 is 1.14. The second-order valence-corrected chi connectivity index (χ2v) is 9.24. The lowest BCUT2D eigenvalue weighted by Gasteiger charge is -2.45. The summed E-state index contributed by atoms with van der Waals surface area (Å²) in [6.07, 6.45) is 0.561. The fourth-order valence-electron chi connectivity index (χ4n) is 3.62. The van der Waals surface area contributed by atoms with Crippen molar-refractivity contribution in [2.24, 2.45) is 5.92 Å². The van der Waals surface area contributed by atoms with Gasteiger partial charge < -0.3 is 15.0 Å². The van der Waals surface area contributed by atoms with E-state index in [0.29, 0.717) is 4.91 Å². The first-order chi connectivity index (χ1) is 15.1. The molecular weight excluding hydrogens is 460 g/mol. The number of thioether (sulfide) groups is 1. The molecule has 0 spiro atoms. The number of nitrogens with one attached hydrogen (secondary N) is 1. The molecule has 3 rings (SSSR count). The van der Waals surface area contributed by atoms with Crippen molar-refractivity contribution in [2.45, 2.75) is 39.0 Å². The van der Waals surface area contributed by atoms with Gasteiger partial charge in [0.25, 0.3) is 0 Å². The van der Waals surface area contributed by atoms with Gasteiger partial charge in [-0.15, -0.1) is 0 Å². The van der Waals surface area contributed by atoms with Gasteiger partial charge in [-0.25, -0.2) is 8.98 Å².